The van der Waals surface area contributed by atoms with Crippen molar-refractivity contribution in [2.75, 3.05) is 25.5 Å². The van der Waals surface area contributed by atoms with Gasteiger partial charge in [0.15, 0.2) is 11.0 Å². The minimum absolute atomic E-state index is 0.00228. The monoisotopic (exact) mass is 382 g/mol. The maximum Gasteiger partial charge on any atom is 0.201 e. The molecule has 0 amide bonds. The van der Waals surface area contributed by atoms with Crippen LogP contribution in [0.15, 0.2) is 51.7 Å². The SMILES string of the molecule is CN1CC[C@@H](c2c(O)cc(O)c3c(=O)cc(Nc4ccccc4)oc23)[C@@H](O)C1. The van der Waals surface area contributed by atoms with E-state index >= 15 is 0 Å². The molecule has 2 atom stereocenters. The number of aromatic hydroxyl groups is 2. The topological polar surface area (TPSA) is 106 Å². The highest BCUT2D eigenvalue weighted by Crippen LogP contribution is 2.42. The molecule has 4 N–H and O–H groups in total. The summed E-state index contributed by atoms with van der Waals surface area (Å²) in [5, 5.41) is 34.4. The van der Waals surface area contributed by atoms with E-state index in [0.717, 1.165) is 18.3 Å². The highest BCUT2D eigenvalue weighted by Gasteiger charge is 2.32. The molecule has 7 nitrogen and oxygen atoms in total. The van der Waals surface area contributed by atoms with Gasteiger partial charge in [-0.15, -0.1) is 0 Å². The van der Waals surface area contributed by atoms with Gasteiger partial charge in [-0.2, -0.15) is 0 Å². The molecular weight excluding hydrogens is 360 g/mol. The number of anilines is 2. The molecule has 1 saturated heterocycles. The molecule has 0 radical (unpaired) electrons. The van der Waals surface area contributed by atoms with Gasteiger partial charge in [-0.25, -0.2) is 0 Å². The molecule has 2 heterocycles. The maximum atomic E-state index is 12.7. The number of hydrogen-bond donors (Lipinski definition) is 4. The molecule has 1 aliphatic heterocycles. The largest absolute Gasteiger partial charge is 0.507 e. The van der Waals surface area contributed by atoms with Gasteiger partial charge in [0.25, 0.3) is 0 Å². The van der Waals surface area contributed by atoms with Crippen molar-refractivity contribution in [2.45, 2.75) is 18.4 Å². The van der Waals surface area contributed by atoms with Gasteiger partial charge in [-0.1, -0.05) is 18.2 Å². The summed E-state index contributed by atoms with van der Waals surface area (Å²) in [6.07, 6.45) is -0.140. The predicted octanol–water partition coefficient (Wildman–Crippen LogP) is 2.73. The summed E-state index contributed by atoms with van der Waals surface area (Å²) < 4.78 is 5.91. The lowest BCUT2D eigenvalue weighted by Gasteiger charge is -2.34. The average Bonchev–Trinajstić information content (AvgIpc) is 2.63. The highest BCUT2D eigenvalue weighted by atomic mass is 16.4. The number of likely N-dealkylation sites (N-methyl/N-ethyl adjacent to an activating group) is 1. The number of benzene rings is 2. The number of likely N-dealkylation sites (tertiary alicyclic amines) is 1. The van der Waals surface area contributed by atoms with Crippen molar-refractivity contribution < 1.29 is 19.7 Å². The Morgan fingerprint density at radius 1 is 1.14 bits per heavy atom. The fourth-order valence-electron chi connectivity index (χ4n) is 3.83. The van der Waals surface area contributed by atoms with Crippen LogP contribution in [0.25, 0.3) is 11.0 Å². The van der Waals surface area contributed by atoms with E-state index in [1.807, 2.05) is 42.3 Å². The number of nitrogens with zero attached hydrogens (tertiary/aromatic N) is 1. The van der Waals surface area contributed by atoms with E-state index in [4.69, 9.17) is 4.42 Å². The van der Waals surface area contributed by atoms with Crippen LogP contribution >= 0.6 is 0 Å². The maximum absolute atomic E-state index is 12.7. The van der Waals surface area contributed by atoms with Crippen LogP contribution in [0.3, 0.4) is 0 Å². The standard InChI is InChI=1S/C21H22N2O5/c1-23-8-7-13(17(27)11-23)19-14(24)9-15(25)20-16(26)10-18(28-21(19)20)22-12-5-3-2-4-6-12/h2-6,9-10,13,17,22,24-25,27H,7-8,11H2,1H3/t13-,17+/m1/s1. The van der Waals surface area contributed by atoms with Crippen molar-refractivity contribution in [1.82, 2.24) is 4.90 Å². The minimum Gasteiger partial charge on any atom is -0.507 e. The molecular formula is C21H22N2O5. The van der Waals surface area contributed by atoms with Crippen LogP contribution in [0.2, 0.25) is 0 Å². The summed E-state index contributed by atoms with van der Waals surface area (Å²) in [5.74, 6) is -0.760. The number of phenols is 2. The van der Waals surface area contributed by atoms with Crippen LogP contribution in [0.4, 0.5) is 11.6 Å². The van der Waals surface area contributed by atoms with E-state index < -0.39 is 17.5 Å². The lowest BCUT2D eigenvalue weighted by molar-refractivity contribution is 0.0631. The smallest absolute Gasteiger partial charge is 0.201 e. The molecule has 7 heteroatoms. The van der Waals surface area contributed by atoms with Crippen LogP contribution in [0.1, 0.15) is 17.9 Å². The second kappa shape index (κ2) is 7.18. The molecule has 3 aromatic rings. The van der Waals surface area contributed by atoms with Gasteiger partial charge >= 0.3 is 0 Å². The number of rotatable bonds is 3. The van der Waals surface area contributed by atoms with E-state index in [1.54, 1.807) is 0 Å². The summed E-state index contributed by atoms with van der Waals surface area (Å²) in [7, 11) is 1.91. The van der Waals surface area contributed by atoms with Crippen LogP contribution in [-0.4, -0.2) is 46.5 Å². The van der Waals surface area contributed by atoms with Crippen LogP contribution in [-0.2, 0) is 0 Å². The number of β-amino-alcohol motifs (C(OH)–C–C–N with tert-alkyl or cyclic N) is 1. The molecule has 1 aromatic heterocycles. The Morgan fingerprint density at radius 2 is 1.89 bits per heavy atom. The van der Waals surface area contributed by atoms with Gasteiger partial charge < -0.3 is 30.0 Å². The lowest BCUT2D eigenvalue weighted by atomic mass is 9.85. The first kappa shape index (κ1) is 18.3. The predicted molar refractivity (Wildman–Crippen MR) is 106 cm³/mol. The summed E-state index contributed by atoms with van der Waals surface area (Å²) in [6, 6.07) is 11.6. The van der Waals surface area contributed by atoms with Gasteiger partial charge in [0.2, 0.25) is 5.88 Å². The number of para-hydroxylation sites is 1. The van der Waals surface area contributed by atoms with Gasteiger partial charge in [0.05, 0.1) is 6.10 Å². The summed E-state index contributed by atoms with van der Waals surface area (Å²) >= 11 is 0. The fourth-order valence-corrected chi connectivity index (χ4v) is 3.83. The molecule has 4 rings (SSSR count). The lowest BCUT2D eigenvalue weighted by Crippen LogP contribution is -2.40. The number of aliphatic hydroxyl groups is 1. The highest BCUT2D eigenvalue weighted by molar-refractivity contribution is 5.89. The van der Waals surface area contributed by atoms with Gasteiger partial charge in [-0.05, 0) is 32.1 Å². The van der Waals surface area contributed by atoms with Gasteiger partial charge in [-0.3, -0.25) is 4.79 Å². The molecule has 0 aliphatic carbocycles. The molecule has 1 fully saturated rings. The van der Waals surface area contributed by atoms with Gasteiger partial charge in [0.1, 0.15) is 16.9 Å². The van der Waals surface area contributed by atoms with E-state index in [2.05, 4.69) is 5.32 Å². The molecule has 0 saturated carbocycles. The Kier molecular flexibility index (Phi) is 4.70. The molecule has 1 aliphatic rings. The third-order valence-electron chi connectivity index (χ3n) is 5.19. The van der Waals surface area contributed by atoms with Crippen LogP contribution in [0, 0.1) is 0 Å². The first-order chi connectivity index (χ1) is 13.4. The first-order valence-corrected chi connectivity index (χ1v) is 9.15. The Balaban J connectivity index is 1.88. The second-order valence-electron chi connectivity index (χ2n) is 7.22. The zero-order valence-electron chi connectivity index (χ0n) is 15.4. The van der Waals surface area contributed by atoms with Crippen molar-refractivity contribution in [2.24, 2.45) is 0 Å². The molecule has 2 aromatic carbocycles. The fraction of sp³-hybridized carbons (Fsp3) is 0.286. The van der Waals surface area contributed by atoms with E-state index in [-0.39, 0.29) is 28.4 Å². The van der Waals surface area contributed by atoms with Crippen LogP contribution < -0.4 is 10.7 Å². The molecule has 146 valence electrons. The van der Waals surface area contributed by atoms with Gasteiger partial charge in [0, 0.05) is 35.8 Å². The van der Waals surface area contributed by atoms with Crippen molar-refractivity contribution in [1.29, 1.82) is 0 Å². The Labute approximate surface area is 161 Å². The first-order valence-electron chi connectivity index (χ1n) is 9.15. The average molecular weight is 382 g/mol. The van der Waals surface area contributed by atoms with Crippen molar-refractivity contribution in [3.63, 3.8) is 0 Å². The quantitative estimate of drug-likeness (QED) is 0.552. The number of piperidine rings is 1. The minimum atomic E-state index is -0.728. The van der Waals surface area contributed by atoms with Crippen LogP contribution in [0.5, 0.6) is 11.5 Å². The number of aliphatic hydroxyl groups excluding tert-OH is 1. The number of hydrogen-bond acceptors (Lipinski definition) is 7. The Hall–Kier alpha value is -3.03. The summed E-state index contributed by atoms with van der Waals surface area (Å²) in [5.41, 5.74) is 0.746. The van der Waals surface area contributed by atoms with E-state index in [1.165, 1.54) is 6.07 Å². The van der Waals surface area contributed by atoms with Crippen molar-refractivity contribution in [3.05, 3.63) is 58.3 Å². The molecule has 0 unspecified atom stereocenters. The van der Waals surface area contributed by atoms with Crippen molar-refractivity contribution in [3.8, 4) is 11.5 Å². The number of nitrogens with one attached hydrogen (secondary N) is 1. The second-order valence-corrected chi connectivity index (χ2v) is 7.22. The summed E-state index contributed by atoms with van der Waals surface area (Å²) in [4.78, 5) is 14.7. The third-order valence-corrected chi connectivity index (χ3v) is 5.19. The third kappa shape index (κ3) is 3.30. The Bertz CT molecular complexity index is 1060. The molecule has 28 heavy (non-hydrogen) atoms. The zero-order valence-corrected chi connectivity index (χ0v) is 15.4. The molecule has 0 spiro atoms. The van der Waals surface area contributed by atoms with E-state index in [9.17, 15) is 20.1 Å². The normalized spacial score (nSPS) is 20.4. The summed E-state index contributed by atoms with van der Waals surface area (Å²) in [6.45, 7) is 1.17. The number of fused-ring (bicyclic) bond motifs is 1. The number of phenolic OH excluding ortho intramolecular Hbond substituents is 2. The van der Waals surface area contributed by atoms with E-state index in [0.29, 0.717) is 18.5 Å². The van der Waals surface area contributed by atoms with Crippen molar-refractivity contribution >= 4 is 22.5 Å². The Morgan fingerprint density at radius 3 is 2.61 bits per heavy atom. The zero-order chi connectivity index (χ0) is 19.8. The molecule has 0 bridgehead atoms.